The summed E-state index contributed by atoms with van der Waals surface area (Å²) in [6.07, 6.45) is 0. The lowest BCUT2D eigenvalue weighted by atomic mass is 10.2. The highest BCUT2D eigenvalue weighted by Gasteiger charge is 2.15. The van der Waals surface area contributed by atoms with Crippen molar-refractivity contribution in [3.05, 3.63) is 23.7 Å². The van der Waals surface area contributed by atoms with E-state index in [0.717, 1.165) is 18.8 Å². The van der Waals surface area contributed by atoms with Crippen LogP contribution in [-0.2, 0) is 4.74 Å². The standard InChI is InChI=1S/C14H24N2O3/c1-10(2)16(4)9-8-15-11(3)12-6-7-13(19-12)14(17)18-5/h6-7,10-11,15H,8-9H2,1-5H3. The number of esters is 1. The molecular weight excluding hydrogens is 244 g/mol. The number of carbonyl (C=O) groups is 1. The number of nitrogens with one attached hydrogen (secondary N) is 1. The highest BCUT2D eigenvalue weighted by atomic mass is 16.5. The van der Waals surface area contributed by atoms with Crippen LogP contribution < -0.4 is 5.32 Å². The van der Waals surface area contributed by atoms with E-state index in [-0.39, 0.29) is 11.8 Å². The molecule has 1 atom stereocenters. The molecule has 0 saturated carbocycles. The quantitative estimate of drug-likeness (QED) is 0.767. The Labute approximate surface area is 114 Å². The largest absolute Gasteiger partial charge is 0.463 e. The second kappa shape index (κ2) is 7.31. The molecule has 0 spiro atoms. The van der Waals surface area contributed by atoms with Gasteiger partial charge in [-0.25, -0.2) is 4.79 Å². The van der Waals surface area contributed by atoms with Crippen molar-refractivity contribution >= 4 is 5.97 Å². The van der Waals surface area contributed by atoms with Crippen molar-refractivity contribution in [3.63, 3.8) is 0 Å². The predicted octanol–water partition coefficient (Wildman–Crippen LogP) is 2.06. The average molecular weight is 268 g/mol. The Morgan fingerprint density at radius 1 is 1.42 bits per heavy atom. The second-order valence-corrected chi connectivity index (χ2v) is 4.94. The predicted molar refractivity (Wildman–Crippen MR) is 74.2 cm³/mol. The third-order valence-electron chi connectivity index (χ3n) is 3.24. The number of rotatable bonds is 7. The molecular formula is C14H24N2O3. The molecule has 0 aromatic carbocycles. The second-order valence-electron chi connectivity index (χ2n) is 4.94. The van der Waals surface area contributed by atoms with Crippen LogP contribution >= 0.6 is 0 Å². The van der Waals surface area contributed by atoms with Gasteiger partial charge in [-0.1, -0.05) is 0 Å². The summed E-state index contributed by atoms with van der Waals surface area (Å²) in [7, 11) is 3.44. The van der Waals surface area contributed by atoms with E-state index in [0.29, 0.717) is 6.04 Å². The lowest BCUT2D eigenvalue weighted by molar-refractivity contribution is 0.0562. The number of likely N-dealkylation sites (N-methyl/N-ethyl adjacent to an activating group) is 1. The van der Waals surface area contributed by atoms with Gasteiger partial charge in [0.2, 0.25) is 5.76 Å². The van der Waals surface area contributed by atoms with Gasteiger partial charge in [0.25, 0.3) is 0 Å². The van der Waals surface area contributed by atoms with E-state index < -0.39 is 5.97 Å². The van der Waals surface area contributed by atoms with Crippen molar-refractivity contribution in [2.75, 3.05) is 27.2 Å². The molecule has 1 heterocycles. The number of hydrogen-bond donors (Lipinski definition) is 1. The Balaban J connectivity index is 2.43. The van der Waals surface area contributed by atoms with Crippen LogP contribution in [0.3, 0.4) is 0 Å². The van der Waals surface area contributed by atoms with Crippen LogP contribution in [0.2, 0.25) is 0 Å². The summed E-state index contributed by atoms with van der Waals surface area (Å²) in [5.74, 6) is 0.538. The van der Waals surface area contributed by atoms with Gasteiger partial charge >= 0.3 is 5.97 Å². The Morgan fingerprint density at radius 2 is 2.11 bits per heavy atom. The molecule has 19 heavy (non-hydrogen) atoms. The third kappa shape index (κ3) is 4.69. The van der Waals surface area contributed by atoms with Crippen molar-refractivity contribution in [2.24, 2.45) is 0 Å². The molecule has 1 aromatic rings. The summed E-state index contributed by atoms with van der Waals surface area (Å²) < 4.78 is 10.1. The first-order valence-corrected chi connectivity index (χ1v) is 6.57. The zero-order valence-electron chi connectivity index (χ0n) is 12.4. The lowest BCUT2D eigenvalue weighted by Gasteiger charge is -2.22. The SMILES string of the molecule is COC(=O)c1ccc(C(C)NCCN(C)C(C)C)o1. The number of furan rings is 1. The third-order valence-corrected chi connectivity index (χ3v) is 3.24. The zero-order chi connectivity index (χ0) is 14.4. The fraction of sp³-hybridized carbons (Fsp3) is 0.643. The Kier molecular flexibility index (Phi) is 6.05. The zero-order valence-corrected chi connectivity index (χ0v) is 12.4. The van der Waals surface area contributed by atoms with E-state index in [1.54, 1.807) is 12.1 Å². The van der Waals surface area contributed by atoms with Gasteiger partial charge in [0.15, 0.2) is 0 Å². The molecule has 1 aromatic heterocycles. The maximum atomic E-state index is 11.3. The first kappa shape index (κ1) is 15.7. The lowest BCUT2D eigenvalue weighted by Crippen LogP contribution is -2.34. The fourth-order valence-corrected chi connectivity index (χ4v) is 1.61. The van der Waals surface area contributed by atoms with Crippen molar-refractivity contribution in [3.8, 4) is 0 Å². The molecule has 0 aliphatic heterocycles. The van der Waals surface area contributed by atoms with Crippen LogP contribution in [0.25, 0.3) is 0 Å². The Hall–Kier alpha value is -1.33. The number of ether oxygens (including phenoxy) is 1. The maximum absolute atomic E-state index is 11.3. The normalized spacial score (nSPS) is 13.0. The van der Waals surface area contributed by atoms with Crippen LogP contribution in [0.15, 0.2) is 16.5 Å². The summed E-state index contributed by atoms with van der Waals surface area (Å²) in [4.78, 5) is 13.6. The van der Waals surface area contributed by atoms with E-state index in [4.69, 9.17) is 4.42 Å². The molecule has 0 fully saturated rings. The van der Waals surface area contributed by atoms with Crippen LogP contribution in [-0.4, -0.2) is 44.2 Å². The average Bonchev–Trinajstić information content (AvgIpc) is 2.86. The summed E-state index contributed by atoms with van der Waals surface area (Å²) in [5, 5.41) is 3.37. The number of hydrogen-bond acceptors (Lipinski definition) is 5. The van der Waals surface area contributed by atoms with Gasteiger partial charge in [-0.15, -0.1) is 0 Å². The van der Waals surface area contributed by atoms with Crippen molar-refractivity contribution in [1.82, 2.24) is 10.2 Å². The smallest absolute Gasteiger partial charge is 0.373 e. The highest BCUT2D eigenvalue weighted by molar-refractivity contribution is 5.86. The molecule has 5 nitrogen and oxygen atoms in total. The molecule has 108 valence electrons. The van der Waals surface area contributed by atoms with E-state index in [1.807, 2.05) is 6.92 Å². The monoisotopic (exact) mass is 268 g/mol. The summed E-state index contributed by atoms with van der Waals surface area (Å²) in [6.45, 7) is 8.17. The minimum absolute atomic E-state index is 0.0685. The summed E-state index contributed by atoms with van der Waals surface area (Å²) in [6, 6.07) is 4.04. The molecule has 0 aliphatic carbocycles. The fourth-order valence-electron chi connectivity index (χ4n) is 1.61. The van der Waals surface area contributed by atoms with E-state index in [1.165, 1.54) is 7.11 Å². The topological polar surface area (TPSA) is 54.7 Å². The van der Waals surface area contributed by atoms with Gasteiger partial charge in [-0.2, -0.15) is 0 Å². The van der Waals surface area contributed by atoms with Crippen LogP contribution in [0.4, 0.5) is 0 Å². The molecule has 1 N–H and O–H groups in total. The van der Waals surface area contributed by atoms with Crippen LogP contribution in [0.1, 0.15) is 43.1 Å². The van der Waals surface area contributed by atoms with Crippen molar-refractivity contribution < 1.29 is 13.9 Å². The van der Waals surface area contributed by atoms with Gasteiger partial charge in [0.1, 0.15) is 5.76 Å². The first-order chi connectivity index (χ1) is 8.95. The highest BCUT2D eigenvalue weighted by Crippen LogP contribution is 2.16. The molecule has 0 aliphatic rings. The van der Waals surface area contributed by atoms with Crippen LogP contribution in [0.5, 0.6) is 0 Å². The molecule has 1 rings (SSSR count). The van der Waals surface area contributed by atoms with Crippen molar-refractivity contribution in [2.45, 2.75) is 32.9 Å². The molecule has 0 amide bonds. The van der Waals surface area contributed by atoms with E-state index >= 15 is 0 Å². The van der Waals surface area contributed by atoms with Crippen LogP contribution in [0, 0.1) is 0 Å². The number of methoxy groups -OCH3 is 1. The molecule has 0 radical (unpaired) electrons. The molecule has 0 bridgehead atoms. The summed E-state index contributed by atoms with van der Waals surface area (Å²) in [5.41, 5.74) is 0. The van der Waals surface area contributed by atoms with Gasteiger partial charge < -0.3 is 19.4 Å². The molecule has 1 unspecified atom stereocenters. The van der Waals surface area contributed by atoms with Gasteiger partial charge in [-0.3, -0.25) is 0 Å². The number of nitrogens with zero attached hydrogens (tertiary/aromatic N) is 1. The molecule has 5 heteroatoms. The first-order valence-electron chi connectivity index (χ1n) is 6.57. The van der Waals surface area contributed by atoms with E-state index in [9.17, 15) is 4.79 Å². The minimum Gasteiger partial charge on any atom is -0.463 e. The Morgan fingerprint density at radius 3 is 2.68 bits per heavy atom. The molecule has 0 saturated heterocycles. The van der Waals surface area contributed by atoms with Gasteiger partial charge in [0, 0.05) is 19.1 Å². The Bertz CT molecular complexity index is 401. The van der Waals surface area contributed by atoms with E-state index in [2.05, 4.69) is 35.8 Å². The van der Waals surface area contributed by atoms with Crippen molar-refractivity contribution in [1.29, 1.82) is 0 Å². The maximum Gasteiger partial charge on any atom is 0.373 e. The van der Waals surface area contributed by atoms with Gasteiger partial charge in [0.05, 0.1) is 13.2 Å². The summed E-state index contributed by atoms with van der Waals surface area (Å²) >= 11 is 0. The minimum atomic E-state index is -0.446. The number of carbonyl (C=O) groups excluding carboxylic acids is 1. The van der Waals surface area contributed by atoms with Gasteiger partial charge in [-0.05, 0) is 40.0 Å².